The molecule has 0 bridgehead atoms. The van der Waals surface area contributed by atoms with Crippen LogP contribution in [0.4, 0.5) is 10.5 Å². The normalized spacial score (nSPS) is 11.9. The van der Waals surface area contributed by atoms with Crippen LogP contribution in [0.15, 0.2) is 60.7 Å². The average molecular weight is 476 g/mol. The molecule has 0 aliphatic rings. The van der Waals surface area contributed by atoms with E-state index in [1.165, 1.54) is 0 Å². The molecule has 0 aliphatic heterocycles. The van der Waals surface area contributed by atoms with Crippen molar-refractivity contribution in [2.45, 2.75) is 31.9 Å². The van der Waals surface area contributed by atoms with Crippen LogP contribution in [-0.2, 0) is 26.0 Å². The molecular weight excluding hydrogens is 442 g/mol. The van der Waals surface area contributed by atoms with E-state index in [1.807, 2.05) is 67.7 Å². The lowest BCUT2D eigenvalue weighted by Crippen LogP contribution is -2.48. The Hall–Kier alpha value is -3.07. The quantitative estimate of drug-likeness (QED) is 0.432. The standard InChI is InChI=1S/C24H33N3O5S/c1-27(21-13-7-4-8-14-21)17-10-9-16-25-23(28)22(15-18-33(2,30)31)26-24(29)32-19-20-11-5-3-6-12-20/h3-8,11-14,22H,9-10,15-19H2,1-2H3,(H,25,28)(H,26,29). The van der Waals surface area contributed by atoms with Crippen LogP contribution in [0, 0.1) is 0 Å². The van der Waals surface area contributed by atoms with Crippen molar-refractivity contribution in [3.8, 4) is 0 Å². The van der Waals surface area contributed by atoms with E-state index < -0.39 is 27.9 Å². The summed E-state index contributed by atoms with van der Waals surface area (Å²) in [5.41, 5.74) is 1.94. The first kappa shape index (κ1) is 26.2. The molecule has 0 spiro atoms. The van der Waals surface area contributed by atoms with Gasteiger partial charge in [0.1, 0.15) is 22.5 Å². The molecule has 2 amide bonds. The minimum absolute atomic E-state index is 0.0259. The first-order valence-electron chi connectivity index (χ1n) is 10.9. The number of carbonyl (C=O) groups excluding carboxylic acids is 2. The van der Waals surface area contributed by atoms with Crippen molar-refractivity contribution < 1.29 is 22.7 Å². The van der Waals surface area contributed by atoms with Gasteiger partial charge in [-0.1, -0.05) is 48.5 Å². The molecule has 33 heavy (non-hydrogen) atoms. The molecule has 2 N–H and O–H groups in total. The van der Waals surface area contributed by atoms with Crippen molar-refractivity contribution in [3.63, 3.8) is 0 Å². The second kappa shape index (κ2) is 13.5. The van der Waals surface area contributed by atoms with Crippen molar-refractivity contribution in [1.29, 1.82) is 0 Å². The number of alkyl carbamates (subject to hydrolysis) is 1. The van der Waals surface area contributed by atoms with Gasteiger partial charge < -0.3 is 20.3 Å². The van der Waals surface area contributed by atoms with Crippen molar-refractivity contribution in [3.05, 3.63) is 66.2 Å². The highest BCUT2D eigenvalue weighted by atomic mass is 32.2. The summed E-state index contributed by atoms with van der Waals surface area (Å²) in [6.45, 7) is 1.32. The number of nitrogens with zero attached hydrogens (tertiary/aromatic N) is 1. The van der Waals surface area contributed by atoms with E-state index in [-0.39, 0.29) is 18.8 Å². The molecule has 1 unspecified atom stereocenters. The number of unbranched alkanes of at least 4 members (excludes halogenated alkanes) is 1. The smallest absolute Gasteiger partial charge is 0.408 e. The Morgan fingerprint density at radius 1 is 1.00 bits per heavy atom. The molecule has 2 rings (SSSR count). The van der Waals surface area contributed by atoms with Crippen molar-refractivity contribution in [2.24, 2.45) is 0 Å². The molecule has 8 nitrogen and oxygen atoms in total. The molecule has 2 aromatic carbocycles. The maximum absolute atomic E-state index is 12.6. The van der Waals surface area contributed by atoms with Crippen molar-refractivity contribution in [1.82, 2.24) is 10.6 Å². The van der Waals surface area contributed by atoms with Gasteiger partial charge in [-0.2, -0.15) is 0 Å². The molecule has 0 saturated heterocycles. The molecule has 0 saturated carbocycles. The molecule has 0 aliphatic carbocycles. The monoisotopic (exact) mass is 475 g/mol. The number of sulfone groups is 1. The Morgan fingerprint density at radius 2 is 1.64 bits per heavy atom. The molecule has 0 aromatic heterocycles. The zero-order valence-corrected chi connectivity index (χ0v) is 20.0. The van der Waals surface area contributed by atoms with Crippen LogP contribution in [0.2, 0.25) is 0 Å². The Balaban J connectivity index is 1.78. The van der Waals surface area contributed by atoms with Gasteiger partial charge in [0.2, 0.25) is 5.91 Å². The van der Waals surface area contributed by atoms with E-state index in [0.717, 1.165) is 36.9 Å². The lowest BCUT2D eigenvalue weighted by molar-refractivity contribution is -0.123. The summed E-state index contributed by atoms with van der Waals surface area (Å²) in [6, 6.07) is 18.2. The minimum Gasteiger partial charge on any atom is -0.445 e. The summed E-state index contributed by atoms with van der Waals surface area (Å²) in [5, 5.41) is 5.28. The van der Waals surface area contributed by atoms with E-state index in [1.54, 1.807) is 0 Å². The second-order valence-corrected chi connectivity index (χ2v) is 10.2. The van der Waals surface area contributed by atoms with E-state index in [0.29, 0.717) is 6.54 Å². The number of anilines is 1. The fourth-order valence-corrected chi connectivity index (χ4v) is 3.79. The van der Waals surface area contributed by atoms with Gasteiger partial charge in [-0.05, 0) is 37.0 Å². The van der Waals surface area contributed by atoms with Gasteiger partial charge in [-0.3, -0.25) is 4.79 Å². The third-order valence-electron chi connectivity index (χ3n) is 5.02. The summed E-state index contributed by atoms with van der Waals surface area (Å²) in [6.07, 6.45) is 1.92. The van der Waals surface area contributed by atoms with Crippen LogP contribution in [0.25, 0.3) is 0 Å². The predicted molar refractivity (Wildman–Crippen MR) is 130 cm³/mol. The number of hydrogen-bond acceptors (Lipinski definition) is 6. The van der Waals surface area contributed by atoms with E-state index in [9.17, 15) is 18.0 Å². The van der Waals surface area contributed by atoms with Crippen LogP contribution < -0.4 is 15.5 Å². The van der Waals surface area contributed by atoms with Crippen molar-refractivity contribution >= 4 is 27.5 Å². The maximum Gasteiger partial charge on any atom is 0.408 e. The number of ether oxygens (including phenoxy) is 1. The van der Waals surface area contributed by atoms with Crippen LogP contribution in [0.3, 0.4) is 0 Å². The lowest BCUT2D eigenvalue weighted by Gasteiger charge is -2.20. The van der Waals surface area contributed by atoms with Gasteiger partial charge in [0, 0.05) is 32.1 Å². The highest BCUT2D eigenvalue weighted by Gasteiger charge is 2.23. The molecule has 0 fully saturated rings. The maximum atomic E-state index is 12.6. The van der Waals surface area contributed by atoms with E-state index in [4.69, 9.17) is 4.74 Å². The number of benzene rings is 2. The Kier molecular flexibility index (Phi) is 10.7. The SMILES string of the molecule is CN(CCCCNC(=O)C(CCS(C)(=O)=O)NC(=O)OCc1ccccc1)c1ccccc1. The van der Waals surface area contributed by atoms with Crippen LogP contribution in [-0.4, -0.2) is 58.6 Å². The van der Waals surface area contributed by atoms with Gasteiger partial charge >= 0.3 is 6.09 Å². The zero-order valence-electron chi connectivity index (χ0n) is 19.2. The Morgan fingerprint density at radius 3 is 2.27 bits per heavy atom. The van der Waals surface area contributed by atoms with Gasteiger partial charge in [0.15, 0.2) is 0 Å². The molecular formula is C24H33N3O5S. The van der Waals surface area contributed by atoms with Crippen molar-refractivity contribution in [2.75, 3.05) is 37.0 Å². The first-order valence-corrected chi connectivity index (χ1v) is 13.0. The van der Waals surface area contributed by atoms with Gasteiger partial charge in [0.25, 0.3) is 0 Å². The third kappa shape index (κ3) is 10.9. The molecule has 180 valence electrons. The molecule has 1 atom stereocenters. The molecule has 2 aromatic rings. The number of nitrogens with one attached hydrogen (secondary N) is 2. The number of rotatable bonds is 13. The van der Waals surface area contributed by atoms with E-state index >= 15 is 0 Å². The number of para-hydroxylation sites is 1. The summed E-state index contributed by atoms with van der Waals surface area (Å²) >= 11 is 0. The number of amides is 2. The fourth-order valence-electron chi connectivity index (χ4n) is 3.13. The van der Waals surface area contributed by atoms with Crippen LogP contribution in [0.1, 0.15) is 24.8 Å². The van der Waals surface area contributed by atoms with Crippen LogP contribution in [0.5, 0.6) is 0 Å². The van der Waals surface area contributed by atoms with Gasteiger partial charge in [-0.25, -0.2) is 13.2 Å². The number of hydrogen-bond donors (Lipinski definition) is 2. The molecule has 9 heteroatoms. The number of carbonyl (C=O) groups is 2. The zero-order chi connectivity index (χ0) is 24.1. The minimum atomic E-state index is -3.29. The molecule has 0 radical (unpaired) electrons. The Labute approximate surface area is 196 Å². The topological polar surface area (TPSA) is 105 Å². The summed E-state index contributed by atoms with van der Waals surface area (Å²) in [5.74, 6) is -0.641. The Bertz CT molecular complexity index is 968. The summed E-state index contributed by atoms with van der Waals surface area (Å²) in [4.78, 5) is 26.9. The largest absolute Gasteiger partial charge is 0.445 e. The average Bonchev–Trinajstić information content (AvgIpc) is 2.80. The summed E-state index contributed by atoms with van der Waals surface area (Å²) < 4.78 is 28.3. The van der Waals surface area contributed by atoms with Crippen LogP contribution >= 0.6 is 0 Å². The fraction of sp³-hybridized carbons (Fsp3) is 0.417. The highest BCUT2D eigenvalue weighted by molar-refractivity contribution is 7.90. The predicted octanol–water partition coefficient (Wildman–Crippen LogP) is 2.75. The summed E-state index contributed by atoms with van der Waals surface area (Å²) in [7, 11) is -1.27. The first-order chi connectivity index (χ1) is 15.7. The lowest BCUT2D eigenvalue weighted by atomic mass is 10.2. The third-order valence-corrected chi connectivity index (χ3v) is 5.99. The van der Waals surface area contributed by atoms with E-state index in [2.05, 4.69) is 15.5 Å². The van der Waals surface area contributed by atoms with Gasteiger partial charge in [-0.15, -0.1) is 0 Å². The van der Waals surface area contributed by atoms with Gasteiger partial charge in [0.05, 0.1) is 5.75 Å². The highest BCUT2D eigenvalue weighted by Crippen LogP contribution is 2.11. The second-order valence-electron chi connectivity index (χ2n) is 7.93. The molecule has 0 heterocycles.